The molecule has 0 fully saturated rings. The number of carbonyl (C=O) groups excluding carboxylic acids is 1. The Morgan fingerprint density at radius 3 is 3.13 bits per heavy atom. The lowest BCUT2D eigenvalue weighted by Gasteiger charge is -2.34. The first kappa shape index (κ1) is 14.1. The van der Waals surface area contributed by atoms with Crippen LogP contribution in [0.3, 0.4) is 0 Å². The van der Waals surface area contributed by atoms with Crippen molar-refractivity contribution in [2.75, 3.05) is 24.6 Å². The van der Waals surface area contributed by atoms with Gasteiger partial charge in [0.15, 0.2) is 5.75 Å². The quantitative estimate of drug-likeness (QED) is 0.770. The summed E-state index contributed by atoms with van der Waals surface area (Å²) < 4.78 is 5.82. The summed E-state index contributed by atoms with van der Waals surface area (Å²) in [4.78, 5) is 26.9. The van der Waals surface area contributed by atoms with Crippen LogP contribution in [0.25, 0.3) is 10.4 Å². The Bertz CT molecular complexity index is 770. The second-order valence-electron chi connectivity index (χ2n) is 5.43. The lowest BCUT2D eigenvalue weighted by Crippen LogP contribution is -2.45. The monoisotopic (exact) mass is 334 g/mol. The minimum absolute atomic E-state index is 0.0317. The predicted octanol–water partition coefficient (Wildman–Crippen LogP) is 0.924. The third-order valence-electron chi connectivity index (χ3n) is 4.02. The Hall–Kier alpha value is -2.55. The molecule has 2 aromatic heterocycles. The van der Waals surface area contributed by atoms with Gasteiger partial charge in [-0.25, -0.2) is 0 Å². The SMILES string of the molecule is O=C(O)C[C@@H]1CNC(=O)c2sc(-c3cn[nH]c3)c3c2N1CCO3. The zero-order valence-corrected chi connectivity index (χ0v) is 12.9. The van der Waals surface area contributed by atoms with Gasteiger partial charge >= 0.3 is 5.97 Å². The van der Waals surface area contributed by atoms with Crippen molar-refractivity contribution in [3.05, 3.63) is 17.3 Å². The van der Waals surface area contributed by atoms with Crippen LogP contribution in [0.15, 0.2) is 12.4 Å². The molecule has 1 amide bonds. The summed E-state index contributed by atoms with van der Waals surface area (Å²) in [6.07, 6.45) is 3.39. The molecular weight excluding hydrogens is 320 g/mol. The van der Waals surface area contributed by atoms with Crippen molar-refractivity contribution < 1.29 is 19.4 Å². The fraction of sp³-hybridized carbons (Fsp3) is 0.357. The molecule has 0 aliphatic carbocycles. The van der Waals surface area contributed by atoms with E-state index in [0.29, 0.717) is 36.0 Å². The average Bonchev–Trinajstić information content (AvgIpc) is 3.14. The highest BCUT2D eigenvalue weighted by Crippen LogP contribution is 2.50. The maximum absolute atomic E-state index is 12.4. The molecule has 0 spiro atoms. The first-order valence-corrected chi connectivity index (χ1v) is 8.02. The number of aliphatic carboxylic acids is 1. The number of carboxylic acid groups (broad SMARTS) is 1. The van der Waals surface area contributed by atoms with E-state index in [9.17, 15) is 9.59 Å². The number of carbonyl (C=O) groups is 2. The number of hydrogen-bond donors (Lipinski definition) is 3. The summed E-state index contributed by atoms with van der Waals surface area (Å²) in [7, 11) is 0. The number of carboxylic acids is 1. The molecule has 0 saturated heterocycles. The average molecular weight is 334 g/mol. The van der Waals surface area contributed by atoms with Crippen LogP contribution in [0.5, 0.6) is 5.75 Å². The number of rotatable bonds is 3. The van der Waals surface area contributed by atoms with Gasteiger partial charge in [-0.3, -0.25) is 14.7 Å². The molecule has 4 heterocycles. The van der Waals surface area contributed by atoms with E-state index < -0.39 is 5.97 Å². The van der Waals surface area contributed by atoms with E-state index in [4.69, 9.17) is 9.84 Å². The number of amides is 1. The molecule has 0 bridgehead atoms. The second-order valence-corrected chi connectivity index (χ2v) is 6.45. The third kappa shape index (κ3) is 2.24. The van der Waals surface area contributed by atoms with Crippen molar-refractivity contribution in [1.82, 2.24) is 15.5 Å². The Morgan fingerprint density at radius 1 is 1.52 bits per heavy atom. The number of nitrogens with zero attached hydrogens (tertiary/aromatic N) is 2. The number of nitrogens with one attached hydrogen (secondary N) is 2. The van der Waals surface area contributed by atoms with Gasteiger partial charge in [-0.05, 0) is 0 Å². The molecular formula is C14H14N4O4S. The smallest absolute Gasteiger partial charge is 0.305 e. The van der Waals surface area contributed by atoms with Crippen molar-refractivity contribution in [2.24, 2.45) is 0 Å². The molecule has 4 rings (SSSR count). The van der Waals surface area contributed by atoms with Gasteiger partial charge in [0.2, 0.25) is 0 Å². The summed E-state index contributed by atoms with van der Waals surface area (Å²) in [6.45, 7) is 1.33. The van der Waals surface area contributed by atoms with Crippen LogP contribution in [-0.2, 0) is 4.79 Å². The highest BCUT2D eigenvalue weighted by molar-refractivity contribution is 7.18. The molecule has 8 nitrogen and oxygen atoms in total. The lowest BCUT2D eigenvalue weighted by atomic mass is 10.1. The van der Waals surface area contributed by atoms with E-state index in [-0.39, 0.29) is 18.4 Å². The number of H-pyrrole nitrogens is 1. The molecule has 0 radical (unpaired) electrons. The van der Waals surface area contributed by atoms with Crippen LogP contribution < -0.4 is 15.0 Å². The Morgan fingerprint density at radius 2 is 2.39 bits per heavy atom. The van der Waals surface area contributed by atoms with Gasteiger partial charge in [-0.15, -0.1) is 11.3 Å². The van der Waals surface area contributed by atoms with Crippen molar-refractivity contribution in [3.8, 4) is 16.2 Å². The number of hydrogen-bond acceptors (Lipinski definition) is 6. The van der Waals surface area contributed by atoms with Gasteiger partial charge in [0.1, 0.15) is 17.2 Å². The van der Waals surface area contributed by atoms with E-state index >= 15 is 0 Å². The summed E-state index contributed by atoms with van der Waals surface area (Å²) in [5.74, 6) is -0.430. The minimum atomic E-state index is -0.883. The van der Waals surface area contributed by atoms with Crippen LogP contribution in [-0.4, -0.2) is 52.9 Å². The maximum atomic E-state index is 12.4. The number of aromatic nitrogens is 2. The lowest BCUT2D eigenvalue weighted by molar-refractivity contribution is -0.137. The zero-order chi connectivity index (χ0) is 16.0. The summed E-state index contributed by atoms with van der Waals surface area (Å²) in [5, 5.41) is 18.7. The third-order valence-corrected chi connectivity index (χ3v) is 5.23. The van der Waals surface area contributed by atoms with Crippen molar-refractivity contribution in [2.45, 2.75) is 12.5 Å². The molecule has 0 aromatic carbocycles. The molecule has 2 aliphatic rings. The van der Waals surface area contributed by atoms with Gasteiger partial charge in [0.05, 0.1) is 30.1 Å². The van der Waals surface area contributed by atoms with E-state index in [1.807, 2.05) is 4.90 Å². The maximum Gasteiger partial charge on any atom is 0.305 e. The molecule has 2 aliphatic heterocycles. The Labute approximate surface area is 135 Å². The van der Waals surface area contributed by atoms with Crippen LogP contribution >= 0.6 is 11.3 Å². The molecule has 0 unspecified atom stereocenters. The molecule has 23 heavy (non-hydrogen) atoms. The number of ether oxygens (including phenoxy) is 1. The minimum Gasteiger partial charge on any atom is -0.488 e. The standard InChI is InChI=1S/C14H14N4O4S/c19-9(20)3-8-6-15-14(21)13-10-11(22-2-1-18(8)10)12(23-13)7-4-16-17-5-7/h4-5,8H,1-3,6H2,(H,15,21)(H,16,17)(H,19,20)/t8-/m1/s1. The van der Waals surface area contributed by atoms with Gasteiger partial charge < -0.3 is 20.1 Å². The molecule has 9 heteroatoms. The molecule has 0 saturated carbocycles. The Balaban J connectivity index is 1.85. The topological polar surface area (TPSA) is 108 Å². The normalized spacial score (nSPS) is 19.6. The highest BCUT2D eigenvalue weighted by Gasteiger charge is 2.38. The van der Waals surface area contributed by atoms with Crippen LogP contribution in [0, 0.1) is 0 Å². The summed E-state index contributed by atoms with van der Waals surface area (Å²) >= 11 is 1.34. The van der Waals surface area contributed by atoms with E-state index in [2.05, 4.69) is 15.5 Å². The van der Waals surface area contributed by atoms with E-state index in [0.717, 1.165) is 10.4 Å². The van der Waals surface area contributed by atoms with Gasteiger partial charge in [0.25, 0.3) is 5.91 Å². The molecule has 3 N–H and O–H groups in total. The largest absolute Gasteiger partial charge is 0.488 e. The fourth-order valence-electron chi connectivity index (χ4n) is 3.03. The fourth-order valence-corrected chi connectivity index (χ4v) is 4.18. The number of anilines is 1. The van der Waals surface area contributed by atoms with E-state index in [1.165, 1.54) is 11.3 Å². The molecule has 1 atom stereocenters. The predicted molar refractivity (Wildman–Crippen MR) is 83.1 cm³/mol. The number of aromatic amines is 1. The van der Waals surface area contributed by atoms with Crippen LogP contribution in [0.4, 0.5) is 5.69 Å². The van der Waals surface area contributed by atoms with Gasteiger partial charge in [0, 0.05) is 18.3 Å². The van der Waals surface area contributed by atoms with Gasteiger partial charge in [-0.1, -0.05) is 0 Å². The first-order valence-electron chi connectivity index (χ1n) is 7.20. The molecule has 2 aromatic rings. The Kier molecular flexibility index (Phi) is 3.22. The first-order chi connectivity index (χ1) is 11.1. The molecule has 120 valence electrons. The van der Waals surface area contributed by atoms with Crippen molar-refractivity contribution >= 4 is 28.9 Å². The second kappa shape index (κ2) is 5.27. The van der Waals surface area contributed by atoms with Gasteiger partial charge in [-0.2, -0.15) is 5.10 Å². The number of thiophene rings is 1. The van der Waals surface area contributed by atoms with Crippen LogP contribution in [0.1, 0.15) is 16.1 Å². The van der Waals surface area contributed by atoms with E-state index in [1.54, 1.807) is 12.4 Å². The zero-order valence-electron chi connectivity index (χ0n) is 12.0. The van der Waals surface area contributed by atoms with Crippen molar-refractivity contribution in [3.63, 3.8) is 0 Å². The highest BCUT2D eigenvalue weighted by atomic mass is 32.1. The summed E-state index contributed by atoms with van der Waals surface area (Å²) in [6, 6.07) is -0.285. The van der Waals surface area contributed by atoms with Crippen molar-refractivity contribution in [1.29, 1.82) is 0 Å². The summed E-state index contributed by atoms with van der Waals surface area (Å²) in [5.41, 5.74) is 1.56. The van der Waals surface area contributed by atoms with Crippen LogP contribution in [0.2, 0.25) is 0 Å².